The summed E-state index contributed by atoms with van der Waals surface area (Å²) in [6.45, 7) is 0. The first-order chi connectivity index (χ1) is 8.69. The van der Waals surface area contributed by atoms with Gasteiger partial charge in [0.15, 0.2) is 0 Å². The number of ether oxygens (including phenoxy) is 1. The van der Waals surface area contributed by atoms with Gasteiger partial charge in [0.2, 0.25) is 0 Å². The van der Waals surface area contributed by atoms with E-state index in [-0.39, 0.29) is 5.78 Å². The Morgan fingerprint density at radius 1 is 1.28 bits per heavy atom. The highest BCUT2D eigenvalue weighted by molar-refractivity contribution is 5.82. The molecule has 1 heterocycles. The average Bonchev–Trinajstić information content (AvgIpc) is 2.76. The molecule has 2 rings (SSSR count). The molecule has 0 aliphatic heterocycles. The quantitative estimate of drug-likeness (QED) is 0.793. The van der Waals surface area contributed by atoms with Crippen LogP contribution < -0.4 is 4.74 Å². The van der Waals surface area contributed by atoms with Crippen LogP contribution in [-0.4, -0.2) is 27.7 Å². The zero-order valence-electron chi connectivity index (χ0n) is 10.5. The van der Waals surface area contributed by atoms with Crippen LogP contribution in [0.4, 0.5) is 0 Å². The SMILES string of the molecule is COc1ccc(CC(=O)Cc2ncnn2C)cc1. The number of ketones is 1. The normalized spacial score (nSPS) is 10.3. The van der Waals surface area contributed by atoms with Crippen molar-refractivity contribution in [3.8, 4) is 5.75 Å². The van der Waals surface area contributed by atoms with E-state index < -0.39 is 0 Å². The Kier molecular flexibility index (Phi) is 3.72. The van der Waals surface area contributed by atoms with Gasteiger partial charge in [0, 0.05) is 13.5 Å². The fourth-order valence-electron chi connectivity index (χ4n) is 1.69. The van der Waals surface area contributed by atoms with Crippen molar-refractivity contribution >= 4 is 5.78 Å². The van der Waals surface area contributed by atoms with Gasteiger partial charge in [-0.25, -0.2) is 4.98 Å². The monoisotopic (exact) mass is 245 g/mol. The third kappa shape index (κ3) is 2.94. The first-order valence-corrected chi connectivity index (χ1v) is 5.66. The van der Waals surface area contributed by atoms with Gasteiger partial charge in [0.05, 0.1) is 13.5 Å². The molecule has 0 spiro atoms. The first kappa shape index (κ1) is 12.3. The lowest BCUT2D eigenvalue weighted by Gasteiger charge is -2.03. The maximum absolute atomic E-state index is 11.9. The molecule has 0 aliphatic carbocycles. The summed E-state index contributed by atoms with van der Waals surface area (Å²) in [4.78, 5) is 15.9. The molecule has 1 aromatic heterocycles. The van der Waals surface area contributed by atoms with Crippen LogP contribution in [0.1, 0.15) is 11.4 Å². The van der Waals surface area contributed by atoms with E-state index in [1.807, 2.05) is 24.3 Å². The van der Waals surface area contributed by atoms with Crippen molar-refractivity contribution in [2.45, 2.75) is 12.8 Å². The molecule has 0 bridgehead atoms. The largest absolute Gasteiger partial charge is 0.497 e. The van der Waals surface area contributed by atoms with Gasteiger partial charge in [-0.1, -0.05) is 12.1 Å². The molecule has 0 saturated carbocycles. The zero-order chi connectivity index (χ0) is 13.0. The number of aromatic nitrogens is 3. The molecule has 1 aromatic carbocycles. The number of Topliss-reactive ketones (excluding diaryl/α,β-unsaturated/α-hetero) is 1. The van der Waals surface area contributed by atoms with Crippen LogP contribution in [0.25, 0.3) is 0 Å². The number of carbonyl (C=O) groups is 1. The van der Waals surface area contributed by atoms with Crippen LogP contribution in [0.2, 0.25) is 0 Å². The Morgan fingerprint density at radius 2 is 2.00 bits per heavy atom. The fourth-order valence-corrected chi connectivity index (χ4v) is 1.69. The zero-order valence-corrected chi connectivity index (χ0v) is 10.5. The van der Waals surface area contributed by atoms with Crippen molar-refractivity contribution in [3.63, 3.8) is 0 Å². The van der Waals surface area contributed by atoms with Gasteiger partial charge in [-0.2, -0.15) is 5.10 Å². The predicted octanol–water partition coefficient (Wildman–Crippen LogP) is 1.18. The van der Waals surface area contributed by atoms with E-state index in [4.69, 9.17) is 4.74 Å². The highest BCUT2D eigenvalue weighted by atomic mass is 16.5. The first-order valence-electron chi connectivity index (χ1n) is 5.66. The lowest BCUT2D eigenvalue weighted by atomic mass is 10.1. The van der Waals surface area contributed by atoms with Crippen molar-refractivity contribution in [1.82, 2.24) is 14.8 Å². The van der Waals surface area contributed by atoms with E-state index in [0.717, 1.165) is 11.3 Å². The molecule has 0 N–H and O–H groups in total. The Balaban J connectivity index is 1.96. The second-order valence-electron chi connectivity index (χ2n) is 4.04. The molecule has 0 amide bonds. The van der Waals surface area contributed by atoms with Crippen molar-refractivity contribution in [2.24, 2.45) is 7.05 Å². The number of aryl methyl sites for hydroxylation is 1. The van der Waals surface area contributed by atoms with Crippen molar-refractivity contribution in [1.29, 1.82) is 0 Å². The smallest absolute Gasteiger partial charge is 0.144 e. The molecule has 2 aromatic rings. The molecule has 18 heavy (non-hydrogen) atoms. The van der Waals surface area contributed by atoms with Crippen LogP contribution in [0, 0.1) is 0 Å². The van der Waals surface area contributed by atoms with Gasteiger partial charge < -0.3 is 4.74 Å². The molecule has 0 unspecified atom stereocenters. The summed E-state index contributed by atoms with van der Waals surface area (Å²) < 4.78 is 6.69. The Hall–Kier alpha value is -2.17. The second-order valence-corrected chi connectivity index (χ2v) is 4.04. The number of methoxy groups -OCH3 is 1. The Bertz CT molecular complexity index is 531. The molecule has 0 aliphatic rings. The minimum absolute atomic E-state index is 0.122. The molecule has 0 atom stereocenters. The van der Waals surface area contributed by atoms with Crippen LogP contribution in [0.3, 0.4) is 0 Å². The third-order valence-corrected chi connectivity index (χ3v) is 2.72. The van der Waals surface area contributed by atoms with Gasteiger partial charge in [-0.3, -0.25) is 9.48 Å². The van der Waals surface area contributed by atoms with E-state index in [9.17, 15) is 4.79 Å². The molecule has 0 fully saturated rings. The predicted molar refractivity (Wildman–Crippen MR) is 66.4 cm³/mol. The lowest BCUT2D eigenvalue weighted by Crippen LogP contribution is -2.11. The van der Waals surface area contributed by atoms with Gasteiger partial charge in [0.1, 0.15) is 23.7 Å². The highest BCUT2D eigenvalue weighted by Crippen LogP contribution is 2.12. The summed E-state index contributed by atoms with van der Waals surface area (Å²) in [5.74, 6) is 1.60. The summed E-state index contributed by atoms with van der Waals surface area (Å²) in [5.41, 5.74) is 0.975. The summed E-state index contributed by atoms with van der Waals surface area (Å²) in [6, 6.07) is 7.50. The fraction of sp³-hybridized carbons (Fsp3) is 0.308. The topological polar surface area (TPSA) is 57.0 Å². The van der Waals surface area contributed by atoms with E-state index >= 15 is 0 Å². The molecule has 0 saturated heterocycles. The Labute approximate surface area is 105 Å². The van der Waals surface area contributed by atoms with Crippen LogP contribution in [0.5, 0.6) is 5.75 Å². The highest BCUT2D eigenvalue weighted by Gasteiger charge is 2.09. The van der Waals surface area contributed by atoms with Crippen molar-refractivity contribution in [2.75, 3.05) is 7.11 Å². The maximum atomic E-state index is 11.9. The van der Waals surface area contributed by atoms with Crippen molar-refractivity contribution < 1.29 is 9.53 Å². The van der Waals surface area contributed by atoms with Gasteiger partial charge in [0.25, 0.3) is 0 Å². The van der Waals surface area contributed by atoms with Gasteiger partial charge in [-0.15, -0.1) is 0 Å². The Morgan fingerprint density at radius 3 is 2.56 bits per heavy atom. The second kappa shape index (κ2) is 5.44. The number of carbonyl (C=O) groups excluding carboxylic acids is 1. The number of hydrogen-bond donors (Lipinski definition) is 0. The van der Waals surface area contributed by atoms with E-state index in [2.05, 4.69) is 10.1 Å². The standard InChI is InChI=1S/C13H15N3O2/c1-16-13(14-9-15-16)8-11(17)7-10-3-5-12(18-2)6-4-10/h3-6,9H,7-8H2,1-2H3. The lowest BCUT2D eigenvalue weighted by molar-refractivity contribution is -0.117. The van der Waals surface area contributed by atoms with E-state index in [0.29, 0.717) is 18.7 Å². The molecular formula is C13H15N3O2. The van der Waals surface area contributed by atoms with Crippen LogP contribution >= 0.6 is 0 Å². The number of rotatable bonds is 5. The molecule has 0 radical (unpaired) electrons. The average molecular weight is 245 g/mol. The summed E-state index contributed by atoms with van der Waals surface area (Å²) >= 11 is 0. The van der Waals surface area contributed by atoms with E-state index in [1.54, 1.807) is 18.8 Å². The van der Waals surface area contributed by atoms with Crippen molar-refractivity contribution in [3.05, 3.63) is 42.0 Å². The minimum Gasteiger partial charge on any atom is -0.497 e. The number of hydrogen-bond acceptors (Lipinski definition) is 4. The number of benzene rings is 1. The summed E-state index contributed by atoms with van der Waals surface area (Å²) in [5, 5.41) is 3.94. The molecule has 5 heteroatoms. The van der Waals surface area contributed by atoms with E-state index in [1.165, 1.54) is 6.33 Å². The minimum atomic E-state index is 0.122. The molecule has 5 nitrogen and oxygen atoms in total. The number of nitrogens with zero attached hydrogens (tertiary/aromatic N) is 3. The summed E-state index contributed by atoms with van der Waals surface area (Å²) in [6.07, 6.45) is 2.16. The molecular weight excluding hydrogens is 230 g/mol. The van der Waals surface area contributed by atoms with Crippen LogP contribution in [0.15, 0.2) is 30.6 Å². The van der Waals surface area contributed by atoms with Crippen LogP contribution in [-0.2, 0) is 24.7 Å². The maximum Gasteiger partial charge on any atom is 0.144 e. The van der Waals surface area contributed by atoms with Gasteiger partial charge >= 0.3 is 0 Å². The third-order valence-electron chi connectivity index (χ3n) is 2.72. The molecule has 94 valence electrons. The van der Waals surface area contributed by atoms with Gasteiger partial charge in [-0.05, 0) is 17.7 Å². The summed E-state index contributed by atoms with van der Waals surface area (Å²) in [7, 11) is 3.40.